The summed E-state index contributed by atoms with van der Waals surface area (Å²) in [6.07, 6.45) is 16.0. The fourth-order valence-corrected chi connectivity index (χ4v) is 2.45. The quantitative estimate of drug-likeness (QED) is 0.612. The van der Waals surface area contributed by atoms with Crippen molar-refractivity contribution < 1.29 is 9.00 Å². The Hall–Kier alpha value is -2.19. The Morgan fingerprint density at radius 1 is 1.47 bits per heavy atom. The molecule has 1 aromatic rings. The molecule has 1 heterocycles. The van der Waals surface area contributed by atoms with Crippen LogP contribution in [0.3, 0.4) is 0 Å². The van der Waals surface area contributed by atoms with E-state index in [4.69, 9.17) is 6.42 Å². The van der Waals surface area contributed by atoms with Crippen LogP contribution in [0.25, 0.3) is 0 Å². The van der Waals surface area contributed by atoms with Gasteiger partial charge < -0.3 is 8.57 Å². The van der Waals surface area contributed by atoms with Gasteiger partial charge >= 0.3 is 0 Å². The largest absolute Gasteiger partial charge is 0.443 e. The number of hydrogen-bond donors (Lipinski definition) is 0. The smallest absolute Gasteiger partial charge is 0.255 e. The lowest BCUT2D eigenvalue weighted by Crippen LogP contribution is -2.08. The van der Waals surface area contributed by atoms with Crippen molar-refractivity contribution in [1.82, 2.24) is 4.98 Å². The maximum Gasteiger partial charge on any atom is 0.255 e. The highest BCUT2D eigenvalue weighted by Crippen LogP contribution is 2.10. The number of allylic oxidation sites excluding steroid dienone is 3. The van der Waals surface area contributed by atoms with E-state index in [1.54, 1.807) is 12.2 Å². The third kappa shape index (κ3) is 3.39. The molecule has 5 heteroatoms. The number of rotatable bonds is 2. The minimum absolute atomic E-state index is 0.249. The van der Waals surface area contributed by atoms with Gasteiger partial charge in [0.15, 0.2) is 0 Å². The average Bonchev–Trinajstić information content (AvgIpc) is 2.48. The Morgan fingerprint density at radius 3 is 3.00 bits per heavy atom. The predicted octanol–water partition coefficient (Wildman–Crippen LogP) is 2.24. The van der Waals surface area contributed by atoms with E-state index in [1.165, 1.54) is 18.5 Å². The van der Waals surface area contributed by atoms with Gasteiger partial charge in [-0.3, -0.25) is 9.78 Å². The van der Waals surface area contributed by atoms with Crippen LogP contribution in [0, 0.1) is 12.3 Å². The molecule has 1 aliphatic carbocycles. The average molecular weight is 271 g/mol. The van der Waals surface area contributed by atoms with Crippen molar-refractivity contribution in [2.75, 3.05) is 0 Å². The topological polar surface area (TPSA) is 59.4 Å². The van der Waals surface area contributed by atoms with Crippen LogP contribution in [0.4, 0.5) is 0 Å². The first kappa shape index (κ1) is 13.2. The van der Waals surface area contributed by atoms with Crippen LogP contribution in [0.15, 0.2) is 47.1 Å². The first-order valence-corrected chi connectivity index (χ1v) is 6.79. The van der Waals surface area contributed by atoms with Gasteiger partial charge in [-0.25, -0.2) is 0 Å². The van der Waals surface area contributed by atoms with E-state index in [0.717, 1.165) is 0 Å². The standard InChI is InChI=1S/C14H11N2O2S/c1-2-11-8-12(10-15-9-11)14(17)16-19(18)13-6-4-3-5-7-13/h1,3-6,8-10,13H,7H2/q-1. The molecule has 1 atom stereocenters. The van der Waals surface area contributed by atoms with Gasteiger partial charge in [-0.05, 0) is 12.5 Å². The molecule has 0 fully saturated rings. The van der Waals surface area contributed by atoms with Gasteiger partial charge in [0, 0.05) is 18.0 Å². The molecular weight excluding hydrogens is 260 g/mol. The zero-order chi connectivity index (χ0) is 13.7. The van der Waals surface area contributed by atoms with Gasteiger partial charge in [0.2, 0.25) is 0 Å². The number of terminal acetylenes is 1. The molecule has 19 heavy (non-hydrogen) atoms. The summed E-state index contributed by atoms with van der Waals surface area (Å²) in [5.74, 6) is 1.82. The molecule has 1 aliphatic rings. The molecule has 0 saturated carbocycles. The number of amides is 1. The van der Waals surface area contributed by atoms with Crippen LogP contribution < -0.4 is 0 Å². The summed E-state index contributed by atoms with van der Waals surface area (Å²) >= 11 is 0. The van der Waals surface area contributed by atoms with Gasteiger partial charge in [-0.2, -0.15) is 10.6 Å². The minimum atomic E-state index is -1.59. The van der Waals surface area contributed by atoms with E-state index in [1.807, 2.05) is 12.2 Å². The Balaban J connectivity index is 2.20. The van der Waals surface area contributed by atoms with Crippen molar-refractivity contribution in [3.63, 3.8) is 0 Å². The van der Waals surface area contributed by atoms with Crippen LogP contribution in [0.5, 0.6) is 0 Å². The van der Waals surface area contributed by atoms with Crippen molar-refractivity contribution in [3.8, 4) is 12.3 Å². The van der Waals surface area contributed by atoms with Crippen molar-refractivity contribution in [2.24, 2.45) is 4.36 Å². The van der Waals surface area contributed by atoms with E-state index in [2.05, 4.69) is 15.3 Å². The molecule has 0 radical (unpaired) electrons. The lowest BCUT2D eigenvalue weighted by molar-refractivity contribution is 0.100. The molecule has 1 unspecified atom stereocenters. The second kappa shape index (κ2) is 6.12. The van der Waals surface area contributed by atoms with Gasteiger partial charge in [0.25, 0.3) is 5.91 Å². The molecule has 1 aromatic heterocycles. The number of carbonyl (C=O) groups excluding carboxylic acids is 1. The molecule has 0 aromatic carbocycles. The summed E-state index contributed by atoms with van der Waals surface area (Å²) in [5.41, 5.74) is 0.742. The molecule has 0 saturated heterocycles. The van der Waals surface area contributed by atoms with Crippen LogP contribution in [-0.2, 0) is 14.8 Å². The molecule has 0 N–H and O–H groups in total. The van der Waals surface area contributed by atoms with Gasteiger partial charge in [0.1, 0.15) is 0 Å². The zero-order valence-electron chi connectivity index (χ0n) is 10.0. The normalized spacial score (nSPS) is 19.0. The highest BCUT2D eigenvalue weighted by molar-refractivity contribution is 7.76. The number of hydrogen-bond acceptors (Lipinski definition) is 4. The van der Waals surface area contributed by atoms with Gasteiger partial charge in [0.05, 0.1) is 5.56 Å². The lowest BCUT2D eigenvalue weighted by Gasteiger charge is -2.15. The second-order valence-corrected chi connectivity index (χ2v) is 5.21. The van der Waals surface area contributed by atoms with E-state index in [9.17, 15) is 9.00 Å². The van der Waals surface area contributed by atoms with Gasteiger partial charge in [-0.1, -0.05) is 35.5 Å². The predicted molar refractivity (Wildman–Crippen MR) is 73.7 cm³/mol. The Morgan fingerprint density at radius 2 is 2.32 bits per heavy atom. The van der Waals surface area contributed by atoms with Crippen molar-refractivity contribution in [3.05, 3.63) is 53.9 Å². The van der Waals surface area contributed by atoms with E-state index in [0.29, 0.717) is 12.0 Å². The maximum atomic E-state index is 11.9. The Bertz CT molecular complexity index is 677. The monoisotopic (exact) mass is 271 g/mol. The summed E-state index contributed by atoms with van der Waals surface area (Å²) in [7, 11) is -1.59. The highest BCUT2D eigenvalue weighted by atomic mass is 32.2. The molecule has 0 aliphatic heterocycles. The third-order valence-corrected chi connectivity index (χ3v) is 3.74. The van der Waals surface area contributed by atoms with E-state index >= 15 is 0 Å². The number of nitrogens with zero attached hydrogens (tertiary/aromatic N) is 2. The Kier molecular flexibility index (Phi) is 4.26. The summed E-state index contributed by atoms with van der Waals surface area (Å²) in [5, 5.41) is -0.252. The van der Waals surface area contributed by atoms with Crippen molar-refractivity contribution >= 4 is 16.5 Å². The third-order valence-electron chi connectivity index (χ3n) is 2.53. The minimum Gasteiger partial charge on any atom is -0.443 e. The van der Waals surface area contributed by atoms with Crippen molar-refractivity contribution in [1.29, 1.82) is 0 Å². The molecular formula is C14H11N2O2S-. The zero-order valence-corrected chi connectivity index (χ0v) is 10.8. The van der Waals surface area contributed by atoms with Crippen LogP contribution in [-0.4, -0.2) is 16.1 Å². The SMILES string of the molecule is C#Cc1cncc(C(=O)N=[S-](=O)C2C=CC=CC2)c1. The van der Waals surface area contributed by atoms with Crippen molar-refractivity contribution in [2.45, 2.75) is 11.7 Å². The molecule has 0 bridgehead atoms. The molecule has 2 rings (SSSR count). The highest BCUT2D eigenvalue weighted by Gasteiger charge is 2.04. The first-order valence-electron chi connectivity index (χ1n) is 5.62. The lowest BCUT2D eigenvalue weighted by atomic mass is 10.2. The fourth-order valence-electron chi connectivity index (χ4n) is 1.55. The fraction of sp³-hybridized carbons (Fsp3) is 0.143. The Labute approximate surface area is 113 Å². The summed E-state index contributed by atoms with van der Waals surface area (Å²) in [6.45, 7) is 0. The van der Waals surface area contributed by atoms with E-state index in [-0.39, 0.29) is 10.8 Å². The molecule has 96 valence electrons. The van der Waals surface area contributed by atoms with Crippen LogP contribution >= 0.6 is 0 Å². The van der Waals surface area contributed by atoms with Crippen LogP contribution in [0.1, 0.15) is 22.3 Å². The number of aromatic nitrogens is 1. The van der Waals surface area contributed by atoms with E-state index < -0.39 is 16.5 Å². The number of carbonyl (C=O) groups is 1. The molecule has 0 spiro atoms. The summed E-state index contributed by atoms with van der Waals surface area (Å²) in [4.78, 5) is 15.7. The first-order chi connectivity index (χ1) is 9.20. The summed E-state index contributed by atoms with van der Waals surface area (Å²) in [6, 6.07) is 1.51. The second-order valence-electron chi connectivity index (χ2n) is 3.87. The number of pyridine rings is 1. The van der Waals surface area contributed by atoms with Gasteiger partial charge in [-0.15, -0.1) is 6.42 Å². The van der Waals surface area contributed by atoms with Crippen LogP contribution in [0.2, 0.25) is 0 Å². The summed E-state index contributed by atoms with van der Waals surface area (Å²) < 4.78 is 15.6. The molecule has 4 nitrogen and oxygen atoms in total. The maximum absolute atomic E-state index is 11.9. The molecule has 1 amide bonds.